The van der Waals surface area contributed by atoms with Gasteiger partial charge in [-0.3, -0.25) is 0 Å². The van der Waals surface area contributed by atoms with E-state index in [0.717, 1.165) is 56.3 Å². The fourth-order valence-electron chi connectivity index (χ4n) is 3.63. The van der Waals surface area contributed by atoms with Gasteiger partial charge in [-0.2, -0.15) is 0 Å². The second kappa shape index (κ2) is 7.26. The minimum atomic E-state index is -0.157. The maximum absolute atomic E-state index is 13.6. The maximum atomic E-state index is 13.6. The first-order valence-electron chi connectivity index (χ1n) is 9.48. The molecule has 1 aromatic carbocycles. The zero-order valence-corrected chi connectivity index (χ0v) is 14.9. The molecule has 2 aromatic rings. The third kappa shape index (κ3) is 3.93. The number of imidazole rings is 1. The first-order chi connectivity index (χ1) is 12.2. The van der Waals surface area contributed by atoms with Crippen molar-refractivity contribution in [2.24, 2.45) is 0 Å². The molecule has 4 rings (SSSR count). The Morgan fingerprint density at radius 2 is 2.04 bits per heavy atom. The molecular formula is C20H27FN4. The largest absolute Gasteiger partial charge is 0.333 e. The lowest BCUT2D eigenvalue weighted by molar-refractivity contribution is 0.427. The van der Waals surface area contributed by atoms with Gasteiger partial charge in [0.25, 0.3) is 0 Å². The van der Waals surface area contributed by atoms with Crippen molar-refractivity contribution in [1.29, 1.82) is 0 Å². The van der Waals surface area contributed by atoms with E-state index in [-0.39, 0.29) is 5.82 Å². The second-order valence-electron chi connectivity index (χ2n) is 7.39. The molecule has 2 fully saturated rings. The van der Waals surface area contributed by atoms with E-state index >= 15 is 0 Å². The van der Waals surface area contributed by atoms with Crippen LogP contribution < -0.4 is 10.6 Å². The molecule has 0 bridgehead atoms. The van der Waals surface area contributed by atoms with E-state index < -0.39 is 0 Å². The molecule has 0 amide bonds. The van der Waals surface area contributed by atoms with Gasteiger partial charge >= 0.3 is 0 Å². The van der Waals surface area contributed by atoms with Crippen molar-refractivity contribution >= 4 is 0 Å². The van der Waals surface area contributed by atoms with Gasteiger partial charge in [0.05, 0.1) is 5.69 Å². The average Bonchev–Trinajstić information content (AvgIpc) is 3.36. The van der Waals surface area contributed by atoms with E-state index in [1.165, 1.54) is 18.7 Å². The number of rotatable bonds is 6. The van der Waals surface area contributed by atoms with Crippen molar-refractivity contribution < 1.29 is 4.39 Å². The number of benzene rings is 1. The molecule has 134 valence electrons. The topological polar surface area (TPSA) is 41.9 Å². The first-order valence-corrected chi connectivity index (χ1v) is 9.48. The lowest BCUT2D eigenvalue weighted by Gasteiger charge is -2.23. The molecule has 1 aromatic heterocycles. The predicted octanol–water partition coefficient (Wildman–Crippen LogP) is 3.22. The molecule has 0 spiro atoms. The Labute approximate surface area is 148 Å². The molecule has 1 aliphatic heterocycles. The van der Waals surface area contributed by atoms with E-state index in [0.29, 0.717) is 11.5 Å². The van der Waals surface area contributed by atoms with Crippen LogP contribution in [0.3, 0.4) is 0 Å². The van der Waals surface area contributed by atoms with E-state index in [9.17, 15) is 4.39 Å². The zero-order chi connectivity index (χ0) is 17.2. The van der Waals surface area contributed by atoms with Gasteiger partial charge in [0.1, 0.15) is 11.6 Å². The summed E-state index contributed by atoms with van der Waals surface area (Å²) >= 11 is 0. The first kappa shape index (κ1) is 16.7. The molecule has 0 atom stereocenters. The third-order valence-electron chi connectivity index (χ3n) is 5.33. The molecule has 25 heavy (non-hydrogen) atoms. The molecule has 1 saturated heterocycles. The number of nitrogens with zero attached hydrogens (tertiary/aromatic N) is 2. The highest BCUT2D eigenvalue weighted by atomic mass is 19.1. The number of hydrogen-bond donors (Lipinski definition) is 2. The number of aryl methyl sites for hydroxylation is 1. The molecule has 5 heteroatoms. The van der Waals surface area contributed by atoms with E-state index in [1.54, 1.807) is 6.07 Å². The average molecular weight is 342 g/mol. The highest BCUT2D eigenvalue weighted by molar-refractivity contribution is 5.60. The van der Waals surface area contributed by atoms with Crippen LogP contribution in [0.15, 0.2) is 24.4 Å². The summed E-state index contributed by atoms with van der Waals surface area (Å²) in [5, 5.41) is 7.02. The van der Waals surface area contributed by atoms with Gasteiger partial charge in [0, 0.05) is 36.8 Å². The van der Waals surface area contributed by atoms with E-state index in [2.05, 4.69) is 21.4 Å². The molecule has 1 aliphatic carbocycles. The molecule has 2 aliphatic rings. The fourth-order valence-corrected chi connectivity index (χ4v) is 3.63. The molecule has 2 N–H and O–H groups in total. The van der Waals surface area contributed by atoms with Gasteiger partial charge in [0.2, 0.25) is 0 Å². The second-order valence-corrected chi connectivity index (χ2v) is 7.39. The van der Waals surface area contributed by atoms with Crippen LogP contribution in [0.2, 0.25) is 0 Å². The summed E-state index contributed by atoms with van der Waals surface area (Å²) < 4.78 is 15.9. The summed E-state index contributed by atoms with van der Waals surface area (Å²) in [6.45, 7) is 5.86. The maximum Gasteiger partial charge on any atom is 0.126 e. The van der Waals surface area contributed by atoms with Crippen LogP contribution >= 0.6 is 0 Å². The highest BCUT2D eigenvalue weighted by Crippen LogP contribution is 2.29. The Kier molecular flexibility index (Phi) is 4.86. The molecule has 0 radical (unpaired) electrons. The quantitative estimate of drug-likeness (QED) is 0.847. The minimum Gasteiger partial charge on any atom is -0.333 e. The van der Waals surface area contributed by atoms with Gasteiger partial charge in [-0.15, -0.1) is 0 Å². The Bertz CT molecular complexity index is 729. The summed E-state index contributed by atoms with van der Waals surface area (Å²) in [5.74, 6) is 1.55. The van der Waals surface area contributed by atoms with Crippen molar-refractivity contribution in [3.05, 3.63) is 41.6 Å². The number of nitrogens with one attached hydrogen (secondary N) is 2. The van der Waals surface area contributed by atoms with Crippen LogP contribution in [0.25, 0.3) is 11.3 Å². The number of piperidine rings is 1. The third-order valence-corrected chi connectivity index (χ3v) is 5.33. The van der Waals surface area contributed by atoms with Crippen LogP contribution in [0.5, 0.6) is 0 Å². The number of hydrogen-bond acceptors (Lipinski definition) is 3. The normalized spacial score (nSPS) is 18.6. The van der Waals surface area contributed by atoms with E-state index in [4.69, 9.17) is 4.98 Å². The van der Waals surface area contributed by atoms with Crippen molar-refractivity contribution in [1.82, 2.24) is 20.2 Å². The summed E-state index contributed by atoms with van der Waals surface area (Å²) in [7, 11) is 0. The fraction of sp³-hybridized carbons (Fsp3) is 0.550. The highest BCUT2D eigenvalue weighted by Gasteiger charge is 2.23. The Morgan fingerprint density at radius 3 is 2.76 bits per heavy atom. The standard InChI is InChI=1S/C20H27FN4/c1-14-12-16(2-5-18(14)21)19-13-25(11-10-23-17-3-4-17)20(24-19)15-6-8-22-9-7-15/h2,5,12-13,15,17,22-23H,3-4,6-11H2,1H3. The Hall–Kier alpha value is -1.72. The minimum absolute atomic E-state index is 0.157. The molecule has 4 nitrogen and oxygen atoms in total. The van der Waals surface area contributed by atoms with Crippen LogP contribution in [-0.4, -0.2) is 35.2 Å². The molecule has 0 unspecified atom stereocenters. The summed E-state index contributed by atoms with van der Waals surface area (Å²) in [6, 6.07) is 6.01. The van der Waals surface area contributed by atoms with Crippen molar-refractivity contribution in [2.45, 2.75) is 51.1 Å². The monoisotopic (exact) mass is 342 g/mol. The molecule has 1 saturated carbocycles. The molecular weight excluding hydrogens is 315 g/mol. The van der Waals surface area contributed by atoms with Gasteiger partial charge in [0.15, 0.2) is 0 Å². The summed E-state index contributed by atoms with van der Waals surface area (Å²) in [4.78, 5) is 4.97. The van der Waals surface area contributed by atoms with Crippen LogP contribution in [0.1, 0.15) is 43.0 Å². The van der Waals surface area contributed by atoms with Gasteiger partial charge in [-0.25, -0.2) is 9.37 Å². The molecule has 2 heterocycles. The van der Waals surface area contributed by atoms with Gasteiger partial charge in [-0.05, 0) is 69.5 Å². The van der Waals surface area contributed by atoms with Gasteiger partial charge in [-0.1, -0.05) is 0 Å². The van der Waals surface area contributed by atoms with Crippen molar-refractivity contribution in [3.63, 3.8) is 0 Å². The number of aromatic nitrogens is 2. The van der Waals surface area contributed by atoms with Gasteiger partial charge < -0.3 is 15.2 Å². The van der Waals surface area contributed by atoms with Crippen LogP contribution in [0.4, 0.5) is 4.39 Å². The van der Waals surface area contributed by atoms with Crippen LogP contribution in [0, 0.1) is 12.7 Å². The SMILES string of the molecule is Cc1cc(-c2cn(CCNC3CC3)c(C3CCNCC3)n2)ccc1F. The smallest absolute Gasteiger partial charge is 0.126 e. The lowest BCUT2D eigenvalue weighted by Crippen LogP contribution is -2.29. The Morgan fingerprint density at radius 1 is 1.24 bits per heavy atom. The van der Waals surface area contributed by atoms with Crippen molar-refractivity contribution in [3.8, 4) is 11.3 Å². The van der Waals surface area contributed by atoms with E-state index in [1.807, 2.05) is 19.1 Å². The van der Waals surface area contributed by atoms with Crippen LogP contribution in [-0.2, 0) is 6.54 Å². The summed E-state index contributed by atoms with van der Waals surface area (Å²) in [6.07, 6.45) is 7.04. The predicted molar refractivity (Wildman–Crippen MR) is 98.2 cm³/mol. The lowest BCUT2D eigenvalue weighted by atomic mass is 9.97. The summed E-state index contributed by atoms with van der Waals surface area (Å²) in [5.41, 5.74) is 2.64. The Balaban J connectivity index is 1.59. The number of halogens is 1. The zero-order valence-electron chi connectivity index (χ0n) is 14.9. The van der Waals surface area contributed by atoms with Crippen molar-refractivity contribution in [2.75, 3.05) is 19.6 Å².